The van der Waals surface area contributed by atoms with Crippen LogP contribution in [0, 0.1) is 58.2 Å². The van der Waals surface area contributed by atoms with Crippen LogP contribution in [0.25, 0.3) is 0 Å². The molecule has 0 radical (unpaired) electrons. The molecule has 0 N–H and O–H groups in total. The highest BCUT2D eigenvalue weighted by Gasteiger charge is 2.48. The molecule has 4 aromatic carbocycles. The molecule has 218 valence electrons. The van der Waals surface area contributed by atoms with E-state index in [2.05, 4.69) is 0 Å². The van der Waals surface area contributed by atoms with Crippen LogP contribution in [0.5, 0.6) is 0 Å². The summed E-state index contributed by atoms with van der Waals surface area (Å²) in [5, 5.41) is 1.48. The molecule has 0 heterocycles. The number of hydrogen-bond donors (Lipinski definition) is 0. The third kappa shape index (κ3) is 5.10. The van der Waals surface area contributed by atoms with Crippen molar-refractivity contribution in [2.45, 2.75) is 37.2 Å². The second-order valence-corrected chi connectivity index (χ2v) is 12.4. The van der Waals surface area contributed by atoms with Gasteiger partial charge in [-0.25, -0.2) is 43.9 Å². The summed E-state index contributed by atoms with van der Waals surface area (Å²) in [4.78, 5) is 0. The van der Waals surface area contributed by atoms with Crippen LogP contribution in [0.2, 0.25) is 5.82 Å². The minimum absolute atomic E-state index is 0.0488. The summed E-state index contributed by atoms with van der Waals surface area (Å²) in [6.07, 6.45) is 1.10. The van der Waals surface area contributed by atoms with Crippen molar-refractivity contribution in [2.24, 2.45) is 0 Å². The van der Waals surface area contributed by atoms with E-state index in [1.54, 1.807) is 60.7 Å². The van der Waals surface area contributed by atoms with Gasteiger partial charge in [0.05, 0.1) is 0 Å². The third-order valence-electron chi connectivity index (χ3n) is 7.72. The molecule has 0 aliphatic heterocycles. The topological polar surface area (TPSA) is 0 Å². The Morgan fingerprint density at radius 2 is 0.786 bits per heavy atom. The molecule has 0 nitrogen and oxygen atoms in total. The maximum absolute atomic E-state index is 15.4. The lowest BCUT2D eigenvalue weighted by molar-refractivity contribution is 0.381. The Bertz CT molecular complexity index is 1450. The van der Waals surface area contributed by atoms with Crippen LogP contribution in [0.3, 0.4) is 0 Å². The molecule has 1 fully saturated rings. The van der Waals surface area contributed by atoms with Crippen molar-refractivity contribution in [2.75, 3.05) is 0 Å². The van der Waals surface area contributed by atoms with Crippen molar-refractivity contribution < 1.29 is 43.9 Å². The fraction of sp³-hybridized carbons (Fsp3) is 0.200. The molecule has 2 atom stereocenters. The summed E-state index contributed by atoms with van der Waals surface area (Å²) in [6.45, 7) is -2.40. The maximum Gasteiger partial charge on any atom is 0.229 e. The molecule has 0 bridgehead atoms. The molecular formula is C30H20BF10P. The first-order valence-electron chi connectivity index (χ1n) is 13.0. The average molecular weight is 612 g/mol. The van der Waals surface area contributed by atoms with Crippen LogP contribution in [0.15, 0.2) is 60.7 Å². The van der Waals surface area contributed by atoms with Gasteiger partial charge in [-0.3, -0.25) is 0 Å². The average Bonchev–Trinajstić information content (AvgIpc) is 3.02. The second kappa shape index (κ2) is 12.1. The molecule has 1 aliphatic rings. The zero-order chi connectivity index (χ0) is 30.3. The standard InChI is InChI=1S/C30H20BF10P/c32-21-19(22(33)26(37)29(40)25(21)36)31(20-23(34)27(38)30(41)28(39)24(20)35)17-13-7-8-14-18(17)42(15-9-3-1-4-10-15)16-11-5-2-6-12-16/h1-6,9-12,17-18H,7-8,13-14H2. The van der Waals surface area contributed by atoms with Gasteiger partial charge in [0.25, 0.3) is 0 Å². The van der Waals surface area contributed by atoms with Gasteiger partial charge < -0.3 is 0 Å². The lowest BCUT2D eigenvalue weighted by Crippen LogP contribution is -2.56. The number of rotatable bonds is 6. The van der Waals surface area contributed by atoms with E-state index in [9.17, 15) is 26.3 Å². The van der Waals surface area contributed by atoms with Gasteiger partial charge in [-0.2, -0.15) is 0 Å². The van der Waals surface area contributed by atoms with Crippen molar-refractivity contribution in [3.05, 3.63) is 119 Å². The SMILES string of the molecule is Fc1c(F)c(F)c(B(c2c(F)c(F)c(F)c(F)c2F)C2CCCCC2P(c2ccccc2)c2ccccc2)c(F)c1F. The Kier molecular flexibility index (Phi) is 8.69. The van der Waals surface area contributed by atoms with Gasteiger partial charge in [-0.1, -0.05) is 79.9 Å². The number of benzene rings is 4. The number of halogens is 10. The summed E-state index contributed by atoms with van der Waals surface area (Å²) >= 11 is 0. The van der Waals surface area contributed by atoms with Crippen LogP contribution in [0.4, 0.5) is 43.9 Å². The predicted molar refractivity (Wildman–Crippen MR) is 143 cm³/mol. The van der Waals surface area contributed by atoms with Gasteiger partial charge in [-0.05, 0) is 36.4 Å². The summed E-state index contributed by atoms with van der Waals surface area (Å²) in [7, 11) is -1.52. The monoisotopic (exact) mass is 612 g/mol. The molecule has 1 saturated carbocycles. The van der Waals surface area contributed by atoms with E-state index in [4.69, 9.17) is 0 Å². The first-order chi connectivity index (χ1) is 20.1. The highest BCUT2D eigenvalue weighted by Crippen LogP contribution is 2.52. The Morgan fingerprint density at radius 1 is 0.452 bits per heavy atom. The third-order valence-corrected chi connectivity index (χ3v) is 10.7. The predicted octanol–water partition coefficient (Wildman–Crippen LogP) is 7.13. The lowest BCUT2D eigenvalue weighted by atomic mass is 9.31. The lowest BCUT2D eigenvalue weighted by Gasteiger charge is -2.41. The molecule has 0 amide bonds. The van der Waals surface area contributed by atoms with Crippen molar-refractivity contribution in [1.29, 1.82) is 0 Å². The summed E-state index contributed by atoms with van der Waals surface area (Å²) in [5.41, 5.74) is -3.99. The zero-order valence-electron chi connectivity index (χ0n) is 21.6. The summed E-state index contributed by atoms with van der Waals surface area (Å²) < 4.78 is 148. The van der Waals surface area contributed by atoms with Crippen molar-refractivity contribution in [1.82, 2.24) is 0 Å². The fourth-order valence-electron chi connectivity index (χ4n) is 5.92. The Morgan fingerprint density at radius 3 is 1.17 bits per heavy atom. The maximum atomic E-state index is 15.4. The van der Waals surface area contributed by atoms with E-state index in [1.807, 2.05) is 0 Å². The first-order valence-corrected chi connectivity index (χ1v) is 14.4. The van der Waals surface area contributed by atoms with Crippen LogP contribution >= 0.6 is 7.92 Å². The molecule has 2 unspecified atom stereocenters. The van der Waals surface area contributed by atoms with Gasteiger partial charge in [0.15, 0.2) is 58.2 Å². The van der Waals surface area contributed by atoms with Crippen LogP contribution in [0.1, 0.15) is 25.7 Å². The normalized spacial score (nSPS) is 17.1. The van der Waals surface area contributed by atoms with Crippen molar-refractivity contribution >= 4 is 36.2 Å². The van der Waals surface area contributed by atoms with Crippen molar-refractivity contribution in [3.8, 4) is 0 Å². The molecule has 42 heavy (non-hydrogen) atoms. The largest absolute Gasteiger partial charge is 0.229 e. The van der Waals surface area contributed by atoms with E-state index >= 15 is 17.6 Å². The Hall–Kier alpha value is -3.33. The minimum atomic E-state index is -2.51. The van der Waals surface area contributed by atoms with Gasteiger partial charge >= 0.3 is 0 Å². The molecule has 1 aliphatic carbocycles. The minimum Gasteiger partial charge on any atom is -0.204 e. The highest BCUT2D eigenvalue weighted by atomic mass is 31.1. The van der Waals surface area contributed by atoms with E-state index in [-0.39, 0.29) is 6.42 Å². The molecule has 0 saturated heterocycles. The smallest absolute Gasteiger partial charge is 0.204 e. The van der Waals surface area contributed by atoms with Gasteiger partial charge in [0.2, 0.25) is 6.71 Å². The quantitative estimate of drug-likeness (QED) is 0.0715. The zero-order valence-corrected chi connectivity index (χ0v) is 22.5. The molecule has 4 aromatic rings. The van der Waals surface area contributed by atoms with Crippen LogP contribution in [-0.2, 0) is 0 Å². The molecule has 12 heteroatoms. The second-order valence-electron chi connectivity index (χ2n) is 10.0. The molecule has 0 aromatic heterocycles. The van der Waals surface area contributed by atoms with E-state index in [1.165, 1.54) is 0 Å². The van der Waals surface area contributed by atoms with E-state index in [0.717, 1.165) is 10.6 Å². The van der Waals surface area contributed by atoms with Crippen molar-refractivity contribution in [3.63, 3.8) is 0 Å². The van der Waals surface area contributed by atoms with Gasteiger partial charge in [0.1, 0.15) is 0 Å². The fourth-order valence-corrected chi connectivity index (χ4v) is 9.12. The molecular weight excluding hydrogens is 592 g/mol. The van der Waals surface area contributed by atoms with Gasteiger partial charge in [0, 0.05) is 10.9 Å². The van der Waals surface area contributed by atoms with Crippen LogP contribution < -0.4 is 21.5 Å². The summed E-state index contributed by atoms with van der Waals surface area (Å²) in [6, 6.07) is 17.5. The molecule has 5 rings (SSSR count). The first kappa shape index (κ1) is 30.1. The Labute approximate surface area is 236 Å². The van der Waals surface area contributed by atoms with E-state index in [0.29, 0.717) is 19.3 Å². The van der Waals surface area contributed by atoms with E-state index < -0.39 is 95.2 Å². The molecule has 0 spiro atoms. The van der Waals surface area contributed by atoms with Gasteiger partial charge in [-0.15, -0.1) is 0 Å². The van der Waals surface area contributed by atoms with Crippen LogP contribution in [-0.4, -0.2) is 12.4 Å². The Balaban J connectivity index is 1.84. The summed E-state index contributed by atoms with van der Waals surface area (Å²) in [5.74, 6) is -25.5. The highest BCUT2D eigenvalue weighted by molar-refractivity contribution is 7.73. The number of hydrogen-bond acceptors (Lipinski definition) is 0.